The van der Waals surface area contributed by atoms with Crippen molar-refractivity contribution >= 4 is 11.7 Å². The number of hydrogen-bond donors (Lipinski definition) is 1. The molecule has 0 bridgehead atoms. The number of carbonyl (C=O) groups is 1. The lowest BCUT2D eigenvalue weighted by Gasteiger charge is -2.14. The smallest absolute Gasteiger partial charge is 0.351 e. The van der Waals surface area contributed by atoms with E-state index in [1.54, 1.807) is 24.3 Å². The van der Waals surface area contributed by atoms with E-state index in [-0.39, 0.29) is 6.42 Å². The van der Waals surface area contributed by atoms with Crippen molar-refractivity contribution < 1.29 is 14.7 Å². The molecule has 1 aromatic rings. The molecule has 1 aliphatic rings. The highest BCUT2D eigenvalue weighted by Gasteiger charge is 2.42. The number of carboxylic acid groups (broad SMARTS) is 1. The van der Waals surface area contributed by atoms with Crippen molar-refractivity contribution in [3.8, 4) is 6.07 Å². The summed E-state index contributed by atoms with van der Waals surface area (Å²) in [6.45, 7) is 1.48. The summed E-state index contributed by atoms with van der Waals surface area (Å²) in [5, 5.41) is 21.4. The maximum atomic E-state index is 11.0. The molecule has 1 heterocycles. The maximum Gasteiger partial charge on any atom is 0.351 e. The van der Waals surface area contributed by atoms with Crippen LogP contribution < -0.4 is 0 Å². The van der Waals surface area contributed by atoms with Gasteiger partial charge in [0, 0.05) is 6.42 Å². The largest absolute Gasteiger partial charge is 0.478 e. The molecule has 1 aliphatic heterocycles. The average Bonchev–Trinajstić information content (AvgIpc) is 2.74. The van der Waals surface area contributed by atoms with Crippen LogP contribution >= 0.6 is 0 Å². The molecule has 0 radical (unpaired) electrons. The third-order valence-corrected chi connectivity index (χ3v) is 2.66. The van der Waals surface area contributed by atoms with Crippen LogP contribution in [0.5, 0.6) is 0 Å². The fourth-order valence-electron chi connectivity index (χ4n) is 1.55. The number of nitriles is 1. The molecule has 0 aliphatic carbocycles. The lowest BCUT2D eigenvalue weighted by molar-refractivity contribution is -0.160. The van der Waals surface area contributed by atoms with Gasteiger partial charge in [-0.25, -0.2) is 4.79 Å². The molecule has 86 valence electrons. The third kappa shape index (κ3) is 1.97. The molecule has 1 atom stereocenters. The highest BCUT2D eigenvalue weighted by molar-refractivity contribution is 6.04. The minimum atomic E-state index is -1.29. The van der Waals surface area contributed by atoms with Crippen LogP contribution in [0, 0.1) is 11.3 Å². The first-order valence-electron chi connectivity index (χ1n) is 5.04. The Morgan fingerprint density at radius 1 is 1.53 bits per heavy atom. The van der Waals surface area contributed by atoms with Crippen LogP contribution in [0.1, 0.15) is 24.5 Å². The summed E-state index contributed by atoms with van der Waals surface area (Å²) in [4.78, 5) is 15.9. The fourth-order valence-corrected chi connectivity index (χ4v) is 1.55. The summed E-state index contributed by atoms with van der Waals surface area (Å²) in [6.07, 6.45) is 0.217. The number of benzene rings is 1. The zero-order valence-corrected chi connectivity index (χ0v) is 9.17. The summed E-state index contributed by atoms with van der Waals surface area (Å²) in [5.74, 6) is -1.04. The standard InChI is InChI=1S/C12H10N2O3/c1-12(11(15)16)6-10(14-17-12)9-4-2-8(7-13)3-5-9/h2-5H,6H2,1H3,(H,15,16). The van der Waals surface area contributed by atoms with Gasteiger partial charge in [-0.05, 0) is 24.6 Å². The molecule has 0 fully saturated rings. The topological polar surface area (TPSA) is 82.7 Å². The molecule has 1 N–H and O–H groups in total. The normalized spacial score (nSPS) is 22.5. The van der Waals surface area contributed by atoms with Crippen molar-refractivity contribution in [3.63, 3.8) is 0 Å². The number of rotatable bonds is 2. The predicted molar refractivity (Wildman–Crippen MR) is 59.4 cm³/mol. The summed E-state index contributed by atoms with van der Waals surface area (Å²) in [7, 11) is 0. The Morgan fingerprint density at radius 2 is 2.18 bits per heavy atom. The highest BCUT2D eigenvalue weighted by atomic mass is 16.7. The van der Waals surface area contributed by atoms with Crippen molar-refractivity contribution in [2.45, 2.75) is 18.9 Å². The Kier molecular flexibility index (Phi) is 2.56. The minimum Gasteiger partial charge on any atom is -0.478 e. The van der Waals surface area contributed by atoms with Crippen LogP contribution in [0.15, 0.2) is 29.4 Å². The van der Waals surface area contributed by atoms with Gasteiger partial charge in [-0.3, -0.25) is 0 Å². The van der Waals surface area contributed by atoms with E-state index < -0.39 is 11.6 Å². The van der Waals surface area contributed by atoms with E-state index in [0.29, 0.717) is 11.3 Å². The van der Waals surface area contributed by atoms with Gasteiger partial charge in [-0.1, -0.05) is 17.3 Å². The second-order valence-electron chi connectivity index (χ2n) is 4.03. The second-order valence-corrected chi connectivity index (χ2v) is 4.03. The quantitative estimate of drug-likeness (QED) is 0.835. The Balaban J connectivity index is 2.21. The van der Waals surface area contributed by atoms with Crippen LogP contribution in [0.3, 0.4) is 0 Å². The van der Waals surface area contributed by atoms with E-state index in [9.17, 15) is 4.79 Å². The zero-order chi connectivity index (χ0) is 12.5. The van der Waals surface area contributed by atoms with E-state index in [1.807, 2.05) is 6.07 Å². The van der Waals surface area contributed by atoms with Gasteiger partial charge >= 0.3 is 5.97 Å². The van der Waals surface area contributed by atoms with Gasteiger partial charge in [0.05, 0.1) is 17.3 Å². The van der Waals surface area contributed by atoms with Gasteiger partial charge in [0.2, 0.25) is 5.60 Å². The zero-order valence-electron chi connectivity index (χ0n) is 9.17. The summed E-state index contributed by atoms with van der Waals surface area (Å²) in [5.41, 5.74) is 0.617. The van der Waals surface area contributed by atoms with Gasteiger partial charge in [0.25, 0.3) is 0 Å². The molecule has 0 amide bonds. The van der Waals surface area contributed by atoms with Crippen LogP contribution in [0.2, 0.25) is 0 Å². The first kappa shape index (κ1) is 11.1. The minimum absolute atomic E-state index is 0.217. The van der Waals surface area contributed by atoms with Gasteiger partial charge in [-0.2, -0.15) is 5.26 Å². The Hall–Kier alpha value is -2.35. The maximum absolute atomic E-state index is 11.0. The van der Waals surface area contributed by atoms with E-state index in [4.69, 9.17) is 15.2 Å². The first-order valence-corrected chi connectivity index (χ1v) is 5.04. The van der Waals surface area contributed by atoms with Crippen LogP contribution in [0.4, 0.5) is 0 Å². The Bertz CT molecular complexity index is 528. The number of aliphatic carboxylic acids is 1. The lowest BCUT2D eigenvalue weighted by atomic mass is 9.96. The number of nitrogens with zero attached hydrogens (tertiary/aromatic N) is 2. The van der Waals surface area contributed by atoms with Gasteiger partial charge in [-0.15, -0.1) is 0 Å². The monoisotopic (exact) mass is 230 g/mol. The SMILES string of the molecule is CC1(C(=O)O)CC(c2ccc(C#N)cc2)=NO1. The predicted octanol–water partition coefficient (Wildman–Crippen LogP) is 1.53. The second kappa shape index (κ2) is 3.91. The fraction of sp³-hybridized carbons (Fsp3) is 0.250. The lowest BCUT2D eigenvalue weighted by Crippen LogP contribution is -2.35. The molecule has 0 aromatic heterocycles. The van der Waals surface area contributed by atoms with Crippen LogP contribution in [-0.4, -0.2) is 22.4 Å². The molecule has 1 aromatic carbocycles. The average molecular weight is 230 g/mol. The van der Waals surface area contributed by atoms with Gasteiger partial charge in [0.1, 0.15) is 0 Å². The molecule has 0 saturated carbocycles. The molecule has 0 saturated heterocycles. The summed E-state index contributed by atoms with van der Waals surface area (Å²) >= 11 is 0. The molecule has 5 heteroatoms. The van der Waals surface area contributed by atoms with Crippen LogP contribution in [0.25, 0.3) is 0 Å². The van der Waals surface area contributed by atoms with E-state index in [1.165, 1.54) is 6.92 Å². The molecule has 1 unspecified atom stereocenters. The van der Waals surface area contributed by atoms with Crippen molar-refractivity contribution in [2.75, 3.05) is 0 Å². The van der Waals surface area contributed by atoms with Crippen molar-refractivity contribution in [1.82, 2.24) is 0 Å². The third-order valence-electron chi connectivity index (χ3n) is 2.66. The van der Waals surface area contributed by atoms with E-state index in [2.05, 4.69) is 5.16 Å². The summed E-state index contributed by atoms with van der Waals surface area (Å²) in [6, 6.07) is 8.80. The number of carboxylic acids is 1. The van der Waals surface area contributed by atoms with Crippen molar-refractivity contribution in [3.05, 3.63) is 35.4 Å². The first-order chi connectivity index (χ1) is 8.05. The van der Waals surface area contributed by atoms with Gasteiger partial charge in [0.15, 0.2) is 0 Å². The molecule has 0 spiro atoms. The molecule has 17 heavy (non-hydrogen) atoms. The highest BCUT2D eigenvalue weighted by Crippen LogP contribution is 2.26. The van der Waals surface area contributed by atoms with E-state index >= 15 is 0 Å². The Morgan fingerprint density at radius 3 is 2.65 bits per heavy atom. The molecular weight excluding hydrogens is 220 g/mol. The summed E-state index contributed by atoms with van der Waals surface area (Å²) < 4.78 is 0. The molecule has 2 rings (SSSR count). The van der Waals surface area contributed by atoms with Gasteiger partial charge < -0.3 is 9.94 Å². The van der Waals surface area contributed by atoms with Crippen molar-refractivity contribution in [2.24, 2.45) is 5.16 Å². The number of hydrogen-bond acceptors (Lipinski definition) is 4. The van der Waals surface area contributed by atoms with Crippen LogP contribution in [-0.2, 0) is 9.63 Å². The van der Waals surface area contributed by atoms with E-state index in [0.717, 1.165) is 5.56 Å². The Labute approximate surface area is 97.9 Å². The molecule has 5 nitrogen and oxygen atoms in total. The number of oxime groups is 1. The van der Waals surface area contributed by atoms with Crippen molar-refractivity contribution in [1.29, 1.82) is 5.26 Å². The molecular formula is C12H10N2O3.